The summed E-state index contributed by atoms with van der Waals surface area (Å²) in [5.74, 6) is -1.91. The minimum Gasteiger partial charge on any atom is -0.504 e. The summed E-state index contributed by atoms with van der Waals surface area (Å²) < 4.78 is 0. The first kappa shape index (κ1) is 10.2. The molecule has 5 nitrogen and oxygen atoms in total. The maximum Gasteiger partial charge on any atom is 0.230 e. The molecule has 1 aromatic rings. The third-order valence-electron chi connectivity index (χ3n) is 2.32. The third kappa shape index (κ3) is 1.25. The van der Waals surface area contributed by atoms with E-state index in [1.807, 2.05) is 0 Å². The predicted molar refractivity (Wildman–Crippen MR) is 56.0 cm³/mol. The third-order valence-corrected chi connectivity index (χ3v) is 2.32. The number of fused-ring (bicyclic) bond motifs is 1. The molecule has 0 atom stereocenters. The second-order valence-electron chi connectivity index (χ2n) is 3.41. The Morgan fingerprint density at radius 2 is 2.06 bits per heavy atom. The molecule has 5 heteroatoms. The largest absolute Gasteiger partial charge is 0.504 e. The van der Waals surface area contributed by atoms with Crippen molar-refractivity contribution in [2.45, 2.75) is 6.92 Å². The number of carbonyl (C=O) groups is 2. The second-order valence-corrected chi connectivity index (χ2v) is 3.41. The van der Waals surface area contributed by atoms with Gasteiger partial charge in [-0.05, 0) is 19.1 Å². The van der Waals surface area contributed by atoms with Gasteiger partial charge in [-0.1, -0.05) is 0 Å². The number of nitrogens with one attached hydrogen (secondary N) is 1. The van der Waals surface area contributed by atoms with E-state index in [0.717, 1.165) is 0 Å². The van der Waals surface area contributed by atoms with E-state index < -0.39 is 17.3 Å². The van der Waals surface area contributed by atoms with E-state index in [4.69, 9.17) is 5.41 Å². The normalized spacial score (nSPS) is 15.1. The van der Waals surface area contributed by atoms with Crippen LogP contribution in [0.5, 0.6) is 0 Å². The Bertz CT molecular complexity index is 558. The Morgan fingerprint density at radius 3 is 2.69 bits per heavy atom. The summed E-state index contributed by atoms with van der Waals surface area (Å²) in [4.78, 5) is 27.3. The van der Waals surface area contributed by atoms with Crippen LogP contribution in [0.25, 0.3) is 0 Å². The van der Waals surface area contributed by atoms with E-state index in [2.05, 4.69) is 4.98 Å². The van der Waals surface area contributed by atoms with Gasteiger partial charge < -0.3 is 10.5 Å². The Morgan fingerprint density at radius 1 is 1.38 bits per heavy atom. The number of ketones is 2. The molecule has 1 aliphatic carbocycles. The fourth-order valence-corrected chi connectivity index (χ4v) is 1.58. The molecule has 0 amide bonds. The Kier molecular flexibility index (Phi) is 2.16. The lowest BCUT2D eigenvalue weighted by atomic mass is 9.90. The SMILES string of the molecule is CC(=N)C1=C(O)C(=O)c2cccnc2C1=O. The summed E-state index contributed by atoms with van der Waals surface area (Å²) in [5.41, 5.74) is -0.342. The molecular weight excluding hydrogens is 208 g/mol. The lowest BCUT2D eigenvalue weighted by Gasteiger charge is -2.15. The average Bonchev–Trinajstić information content (AvgIpc) is 2.26. The van der Waals surface area contributed by atoms with Gasteiger partial charge in [-0.3, -0.25) is 14.6 Å². The summed E-state index contributed by atoms with van der Waals surface area (Å²) in [6.45, 7) is 1.34. The van der Waals surface area contributed by atoms with Gasteiger partial charge in [0.05, 0.1) is 11.1 Å². The molecule has 1 aromatic heterocycles. The molecule has 0 fully saturated rings. The van der Waals surface area contributed by atoms with Crippen molar-refractivity contribution in [1.29, 1.82) is 5.41 Å². The lowest BCUT2D eigenvalue weighted by Crippen LogP contribution is -2.26. The highest BCUT2D eigenvalue weighted by Crippen LogP contribution is 2.23. The fourth-order valence-electron chi connectivity index (χ4n) is 1.58. The molecule has 0 aromatic carbocycles. The highest BCUT2D eigenvalue weighted by Gasteiger charge is 2.33. The van der Waals surface area contributed by atoms with Gasteiger partial charge in [-0.15, -0.1) is 0 Å². The van der Waals surface area contributed by atoms with Crippen LogP contribution >= 0.6 is 0 Å². The number of hydrogen-bond donors (Lipinski definition) is 2. The van der Waals surface area contributed by atoms with E-state index >= 15 is 0 Å². The van der Waals surface area contributed by atoms with Gasteiger partial charge in [0.25, 0.3) is 0 Å². The zero-order valence-electron chi connectivity index (χ0n) is 8.44. The monoisotopic (exact) mass is 216 g/mol. The van der Waals surface area contributed by atoms with Gasteiger partial charge in [-0.25, -0.2) is 0 Å². The molecule has 0 unspecified atom stereocenters. The first-order chi connectivity index (χ1) is 7.54. The van der Waals surface area contributed by atoms with E-state index in [0.29, 0.717) is 0 Å². The fraction of sp³-hybridized carbons (Fsp3) is 0.0909. The van der Waals surface area contributed by atoms with Gasteiger partial charge in [0.1, 0.15) is 5.69 Å². The smallest absolute Gasteiger partial charge is 0.230 e. The van der Waals surface area contributed by atoms with Crippen molar-refractivity contribution in [2.75, 3.05) is 0 Å². The molecule has 1 aliphatic rings. The van der Waals surface area contributed by atoms with Crippen LogP contribution < -0.4 is 0 Å². The highest BCUT2D eigenvalue weighted by molar-refractivity contribution is 6.35. The minimum absolute atomic E-state index is 0.00750. The molecule has 0 aliphatic heterocycles. The lowest BCUT2D eigenvalue weighted by molar-refractivity contribution is 0.0931. The molecule has 0 saturated carbocycles. The van der Waals surface area contributed by atoms with Crippen LogP contribution in [0.3, 0.4) is 0 Å². The van der Waals surface area contributed by atoms with Crippen molar-refractivity contribution < 1.29 is 14.7 Å². The number of Topliss-reactive ketones (excluding diaryl/α,β-unsaturated/α-hetero) is 2. The molecule has 0 radical (unpaired) electrons. The van der Waals surface area contributed by atoms with Crippen LogP contribution in [-0.4, -0.2) is 27.4 Å². The second kappa shape index (κ2) is 3.37. The van der Waals surface area contributed by atoms with Crippen LogP contribution in [0.4, 0.5) is 0 Å². The van der Waals surface area contributed by atoms with Crippen molar-refractivity contribution >= 4 is 17.3 Å². The molecule has 1 heterocycles. The van der Waals surface area contributed by atoms with Crippen LogP contribution in [0.2, 0.25) is 0 Å². The first-order valence-corrected chi connectivity index (χ1v) is 4.57. The Labute approximate surface area is 90.9 Å². The molecule has 80 valence electrons. The van der Waals surface area contributed by atoms with E-state index in [9.17, 15) is 14.7 Å². The molecule has 0 saturated heterocycles. The average molecular weight is 216 g/mol. The number of hydrogen-bond acceptors (Lipinski definition) is 5. The molecule has 2 rings (SSSR count). The summed E-state index contributed by atoms with van der Waals surface area (Å²) in [5, 5.41) is 16.9. The van der Waals surface area contributed by atoms with E-state index in [1.54, 1.807) is 0 Å². The summed E-state index contributed by atoms with van der Waals surface area (Å²) in [7, 11) is 0. The summed E-state index contributed by atoms with van der Waals surface area (Å²) in [6.07, 6.45) is 1.39. The first-order valence-electron chi connectivity index (χ1n) is 4.57. The number of rotatable bonds is 1. The molecule has 16 heavy (non-hydrogen) atoms. The van der Waals surface area contributed by atoms with Gasteiger partial charge in [0.15, 0.2) is 5.76 Å². The van der Waals surface area contributed by atoms with Crippen LogP contribution in [0.15, 0.2) is 29.7 Å². The van der Waals surface area contributed by atoms with Crippen molar-refractivity contribution in [1.82, 2.24) is 4.98 Å². The molecular formula is C11H8N2O3. The van der Waals surface area contributed by atoms with E-state index in [1.165, 1.54) is 25.3 Å². The number of carbonyl (C=O) groups excluding carboxylic acids is 2. The molecule has 0 spiro atoms. The predicted octanol–water partition coefficient (Wildman–Crippen LogP) is 1.31. The van der Waals surface area contributed by atoms with Crippen LogP contribution in [0, 0.1) is 5.41 Å². The van der Waals surface area contributed by atoms with Crippen molar-refractivity contribution in [3.8, 4) is 0 Å². The van der Waals surface area contributed by atoms with Crippen molar-refractivity contribution in [2.24, 2.45) is 0 Å². The van der Waals surface area contributed by atoms with E-state index in [-0.39, 0.29) is 22.5 Å². The minimum atomic E-state index is -0.669. The standard InChI is InChI=1S/C11H8N2O3/c1-5(12)7-10(15)8-6(3-2-4-13-8)9(14)11(7)16/h2-4,12,16H,1H3. The maximum atomic E-state index is 11.8. The zero-order chi connectivity index (χ0) is 11.9. The van der Waals surface area contributed by atoms with Crippen molar-refractivity contribution in [3.63, 3.8) is 0 Å². The quantitative estimate of drug-likeness (QED) is 0.692. The number of pyridine rings is 1. The number of aliphatic hydroxyl groups is 1. The number of aromatic nitrogens is 1. The van der Waals surface area contributed by atoms with Crippen LogP contribution in [-0.2, 0) is 0 Å². The number of aliphatic hydroxyl groups excluding tert-OH is 1. The van der Waals surface area contributed by atoms with Crippen LogP contribution in [0.1, 0.15) is 27.8 Å². The highest BCUT2D eigenvalue weighted by atomic mass is 16.3. The van der Waals surface area contributed by atoms with Gasteiger partial charge in [0.2, 0.25) is 11.6 Å². The molecule has 0 bridgehead atoms. The maximum absolute atomic E-state index is 11.8. The summed E-state index contributed by atoms with van der Waals surface area (Å²) >= 11 is 0. The Hall–Kier alpha value is -2.30. The number of allylic oxidation sites excluding steroid dienone is 2. The number of nitrogens with zero attached hydrogens (tertiary/aromatic N) is 1. The topological polar surface area (TPSA) is 91.1 Å². The van der Waals surface area contributed by atoms with Gasteiger partial charge in [0, 0.05) is 11.9 Å². The summed E-state index contributed by atoms with van der Waals surface area (Å²) in [6, 6.07) is 2.94. The van der Waals surface area contributed by atoms with Gasteiger partial charge in [-0.2, -0.15) is 0 Å². The van der Waals surface area contributed by atoms with Gasteiger partial charge >= 0.3 is 0 Å². The zero-order valence-corrected chi connectivity index (χ0v) is 8.44. The molecule has 2 N–H and O–H groups in total. The Balaban J connectivity index is 2.73. The van der Waals surface area contributed by atoms with Crippen molar-refractivity contribution in [3.05, 3.63) is 40.9 Å².